The molecule has 1 aliphatic carbocycles. The quantitative estimate of drug-likeness (QED) is 0.434. The van der Waals surface area contributed by atoms with Gasteiger partial charge in [-0.15, -0.1) is 0 Å². The fourth-order valence-electron chi connectivity index (χ4n) is 4.84. The van der Waals surface area contributed by atoms with Crippen molar-refractivity contribution in [2.24, 2.45) is 0 Å². The molecule has 1 aliphatic heterocycles. The lowest BCUT2D eigenvalue weighted by atomic mass is 9.98. The van der Waals surface area contributed by atoms with Crippen LogP contribution in [0.1, 0.15) is 50.7 Å². The van der Waals surface area contributed by atoms with Crippen LogP contribution in [0.15, 0.2) is 48.5 Å². The average molecular weight is 541 g/mol. The number of carbonyl (C=O) groups is 3. The number of fused-ring (bicyclic) bond motifs is 3. The molecule has 4 rings (SSSR count). The normalized spacial score (nSPS) is 19.4. The number of carboxylic acid groups (broad SMARTS) is 1. The Morgan fingerprint density at radius 2 is 1.67 bits per heavy atom. The van der Waals surface area contributed by atoms with E-state index in [1.807, 2.05) is 48.5 Å². The average Bonchev–Trinajstić information content (AvgIpc) is 3.21. The number of nitrogens with one attached hydrogen (secondary N) is 2. The topological polar surface area (TPSA) is 132 Å². The first-order chi connectivity index (χ1) is 18.6. The fourth-order valence-corrected chi connectivity index (χ4v) is 4.84. The van der Waals surface area contributed by atoms with E-state index in [9.17, 15) is 19.5 Å². The zero-order valence-corrected chi connectivity index (χ0v) is 22.5. The van der Waals surface area contributed by atoms with Crippen molar-refractivity contribution in [1.29, 1.82) is 0 Å². The van der Waals surface area contributed by atoms with Crippen molar-refractivity contribution in [1.82, 2.24) is 10.6 Å². The second-order valence-corrected chi connectivity index (χ2v) is 10.7. The van der Waals surface area contributed by atoms with Gasteiger partial charge in [0.15, 0.2) is 6.04 Å². The molecule has 1 saturated heterocycles. The standard InChI is InChI=1S/C29H36N2O8/c1-29(2,3)39-27(34)30-15-19-14-18(12-13-36-19)37-17-25(26(32)33)31-28(35)38-16-24-22-10-6-4-8-20(22)21-9-5-7-11-23(21)24/h4-11,18-19,24-25H,12-17H2,1-3H3,(H,30,34)(H,31,35)(H,32,33)/t18?,19?,25-/m0/s1. The second kappa shape index (κ2) is 12.5. The number of benzene rings is 2. The summed E-state index contributed by atoms with van der Waals surface area (Å²) in [6.45, 7) is 5.85. The number of carboxylic acids is 1. The molecule has 0 spiro atoms. The van der Waals surface area contributed by atoms with E-state index >= 15 is 0 Å². The van der Waals surface area contributed by atoms with Crippen molar-refractivity contribution in [2.45, 2.75) is 63.4 Å². The van der Waals surface area contributed by atoms with Crippen molar-refractivity contribution in [3.05, 3.63) is 59.7 Å². The summed E-state index contributed by atoms with van der Waals surface area (Å²) < 4.78 is 22.2. The summed E-state index contributed by atoms with van der Waals surface area (Å²) in [5, 5.41) is 14.7. The van der Waals surface area contributed by atoms with E-state index in [1.54, 1.807) is 20.8 Å². The molecule has 1 fully saturated rings. The highest BCUT2D eigenvalue weighted by Crippen LogP contribution is 2.44. The van der Waals surface area contributed by atoms with Crippen molar-refractivity contribution in [3.63, 3.8) is 0 Å². The van der Waals surface area contributed by atoms with Crippen molar-refractivity contribution < 1.29 is 38.4 Å². The van der Waals surface area contributed by atoms with Crippen LogP contribution in [0.2, 0.25) is 0 Å². The van der Waals surface area contributed by atoms with E-state index < -0.39 is 29.8 Å². The van der Waals surface area contributed by atoms with E-state index in [4.69, 9.17) is 18.9 Å². The summed E-state index contributed by atoms with van der Waals surface area (Å²) in [6.07, 6.45) is -0.899. The molecular formula is C29H36N2O8. The van der Waals surface area contributed by atoms with Crippen LogP contribution in [-0.4, -0.2) is 73.5 Å². The lowest BCUT2D eigenvalue weighted by Crippen LogP contribution is -2.46. The molecule has 0 saturated carbocycles. The number of carbonyl (C=O) groups excluding carboxylic acids is 2. The van der Waals surface area contributed by atoms with E-state index in [1.165, 1.54) is 0 Å². The minimum Gasteiger partial charge on any atom is -0.480 e. The highest BCUT2D eigenvalue weighted by Gasteiger charge is 2.31. The molecule has 2 amide bonds. The molecule has 2 aromatic carbocycles. The summed E-state index contributed by atoms with van der Waals surface area (Å²) in [4.78, 5) is 36.3. The maximum Gasteiger partial charge on any atom is 0.407 e. The first-order valence-electron chi connectivity index (χ1n) is 13.1. The van der Waals surface area contributed by atoms with Crippen LogP contribution in [0, 0.1) is 0 Å². The van der Waals surface area contributed by atoms with Gasteiger partial charge < -0.3 is 34.7 Å². The van der Waals surface area contributed by atoms with Crippen LogP contribution in [0.4, 0.5) is 9.59 Å². The third kappa shape index (κ3) is 7.70. The molecular weight excluding hydrogens is 504 g/mol. The molecule has 0 aromatic heterocycles. The summed E-state index contributed by atoms with van der Waals surface area (Å²) >= 11 is 0. The lowest BCUT2D eigenvalue weighted by molar-refractivity contribution is -0.142. The molecule has 2 unspecified atom stereocenters. The van der Waals surface area contributed by atoms with Gasteiger partial charge in [0.1, 0.15) is 12.2 Å². The Morgan fingerprint density at radius 1 is 1.03 bits per heavy atom. The maximum atomic E-state index is 12.6. The van der Waals surface area contributed by atoms with Crippen LogP contribution in [-0.2, 0) is 23.7 Å². The van der Waals surface area contributed by atoms with Crippen LogP contribution in [0.5, 0.6) is 0 Å². The van der Waals surface area contributed by atoms with Gasteiger partial charge in [-0.05, 0) is 49.4 Å². The zero-order chi connectivity index (χ0) is 28.0. The molecule has 3 atom stereocenters. The van der Waals surface area contributed by atoms with Gasteiger partial charge in [-0.25, -0.2) is 14.4 Å². The third-order valence-corrected chi connectivity index (χ3v) is 6.62. The van der Waals surface area contributed by atoms with Crippen LogP contribution in [0.25, 0.3) is 11.1 Å². The molecule has 0 bridgehead atoms. The Hall–Kier alpha value is -3.63. The van der Waals surface area contributed by atoms with Crippen LogP contribution in [0.3, 0.4) is 0 Å². The smallest absolute Gasteiger partial charge is 0.407 e. The van der Waals surface area contributed by atoms with E-state index in [0.29, 0.717) is 19.4 Å². The van der Waals surface area contributed by atoms with Crippen molar-refractivity contribution in [3.8, 4) is 11.1 Å². The van der Waals surface area contributed by atoms with E-state index in [0.717, 1.165) is 22.3 Å². The molecule has 210 valence electrons. The monoisotopic (exact) mass is 540 g/mol. The van der Waals surface area contributed by atoms with Gasteiger partial charge in [-0.3, -0.25) is 0 Å². The van der Waals surface area contributed by atoms with Gasteiger partial charge in [0.2, 0.25) is 0 Å². The molecule has 1 heterocycles. The predicted molar refractivity (Wildman–Crippen MR) is 143 cm³/mol. The number of hydrogen-bond acceptors (Lipinski definition) is 7. The van der Waals surface area contributed by atoms with E-state index in [2.05, 4.69) is 10.6 Å². The van der Waals surface area contributed by atoms with Crippen molar-refractivity contribution >= 4 is 18.2 Å². The lowest BCUT2D eigenvalue weighted by Gasteiger charge is -2.30. The number of aliphatic carboxylic acids is 1. The number of hydrogen-bond donors (Lipinski definition) is 3. The van der Waals surface area contributed by atoms with Crippen LogP contribution < -0.4 is 10.6 Å². The van der Waals surface area contributed by atoms with Crippen molar-refractivity contribution in [2.75, 3.05) is 26.4 Å². The third-order valence-electron chi connectivity index (χ3n) is 6.62. The summed E-state index contributed by atoms with van der Waals surface area (Å²) in [6, 6.07) is 14.7. The number of amides is 2. The molecule has 10 nitrogen and oxygen atoms in total. The van der Waals surface area contributed by atoms with Gasteiger partial charge in [0.25, 0.3) is 0 Å². The van der Waals surface area contributed by atoms with Gasteiger partial charge in [-0.2, -0.15) is 0 Å². The predicted octanol–water partition coefficient (Wildman–Crippen LogP) is 4.07. The van der Waals surface area contributed by atoms with Crippen LogP contribution >= 0.6 is 0 Å². The second-order valence-electron chi connectivity index (χ2n) is 10.7. The zero-order valence-electron chi connectivity index (χ0n) is 22.5. The molecule has 3 N–H and O–H groups in total. The fraction of sp³-hybridized carbons (Fsp3) is 0.483. The first-order valence-corrected chi connectivity index (χ1v) is 13.1. The Kier molecular flexibility index (Phi) is 9.08. The van der Waals surface area contributed by atoms with E-state index in [-0.39, 0.29) is 37.9 Å². The Labute approximate surface area is 228 Å². The molecule has 39 heavy (non-hydrogen) atoms. The minimum absolute atomic E-state index is 0.0827. The maximum absolute atomic E-state index is 12.6. The van der Waals surface area contributed by atoms with Gasteiger partial charge in [-0.1, -0.05) is 48.5 Å². The number of alkyl carbamates (subject to hydrolysis) is 2. The summed E-state index contributed by atoms with van der Waals surface area (Å²) in [5.41, 5.74) is 3.75. The number of rotatable bonds is 9. The van der Waals surface area contributed by atoms with Gasteiger partial charge in [0, 0.05) is 25.5 Å². The molecule has 0 radical (unpaired) electrons. The SMILES string of the molecule is CC(C)(C)OC(=O)NCC1CC(OC[C@H](NC(=O)OCC2c3ccccc3-c3ccccc32)C(=O)O)CCO1. The first kappa shape index (κ1) is 28.4. The highest BCUT2D eigenvalue weighted by molar-refractivity contribution is 5.81. The highest BCUT2D eigenvalue weighted by atomic mass is 16.6. The molecule has 2 aromatic rings. The Bertz CT molecular complexity index is 1130. The Morgan fingerprint density at radius 3 is 2.28 bits per heavy atom. The Balaban J connectivity index is 1.24. The molecule has 10 heteroatoms. The minimum atomic E-state index is -1.28. The summed E-state index contributed by atoms with van der Waals surface area (Å²) in [5.74, 6) is -1.35. The number of ether oxygens (including phenoxy) is 4. The largest absolute Gasteiger partial charge is 0.480 e. The van der Waals surface area contributed by atoms with Gasteiger partial charge in [0.05, 0.1) is 18.8 Å². The summed E-state index contributed by atoms with van der Waals surface area (Å²) in [7, 11) is 0. The molecule has 2 aliphatic rings. The van der Waals surface area contributed by atoms with Gasteiger partial charge >= 0.3 is 18.2 Å².